The molecular weight excluding hydrogens is 330 g/mol. The van der Waals surface area contributed by atoms with Crippen molar-refractivity contribution in [2.75, 3.05) is 13.1 Å². The summed E-state index contributed by atoms with van der Waals surface area (Å²) in [6.07, 6.45) is 4.69. The number of carboxylic acid groups (broad SMARTS) is 1. The summed E-state index contributed by atoms with van der Waals surface area (Å²) >= 11 is 1.10. The zero-order chi connectivity index (χ0) is 17.3. The van der Waals surface area contributed by atoms with E-state index in [0.717, 1.165) is 17.1 Å². The molecule has 0 spiro atoms. The number of aryl methyl sites for hydroxylation is 2. The molecule has 0 saturated carbocycles. The third kappa shape index (κ3) is 2.68. The van der Waals surface area contributed by atoms with Gasteiger partial charge in [-0.2, -0.15) is 5.10 Å². The predicted octanol–water partition coefficient (Wildman–Crippen LogP) is 1.32. The molecule has 9 heteroatoms. The molecule has 1 fully saturated rings. The topological polar surface area (TPSA) is 101 Å². The second-order valence-corrected chi connectivity index (χ2v) is 6.75. The van der Waals surface area contributed by atoms with E-state index in [1.54, 1.807) is 17.3 Å². The van der Waals surface area contributed by atoms with Crippen LogP contribution >= 0.6 is 11.5 Å². The summed E-state index contributed by atoms with van der Waals surface area (Å²) in [5.74, 6) is -1.02. The van der Waals surface area contributed by atoms with Crippen molar-refractivity contribution in [3.8, 4) is 0 Å². The number of aliphatic carboxylic acids is 1. The Bertz CT molecular complexity index is 761. The fraction of sp³-hybridized carbons (Fsp3) is 0.533. The maximum atomic E-state index is 12.6. The summed E-state index contributed by atoms with van der Waals surface area (Å²) in [4.78, 5) is 26.8. The molecule has 0 aromatic carbocycles. The van der Waals surface area contributed by atoms with E-state index in [-0.39, 0.29) is 5.91 Å². The molecule has 2 aromatic rings. The van der Waals surface area contributed by atoms with Gasteiger partial charge in [-0.1, -0.05) is 11.4 Å². The number of carbonyl (C=O) groups is 2. The van der Waals surface area contributed by atoms with Crippen LogP contribution in [0.4, 0.5) is 0 Å². The Morgan fingerprint density at radius 2 is 2.08 bits per heavy atom. The van der Waals surface area contributed by atoms with E-state index < -0.39 is 11.5 Å². The molecule has 0 atom stereocenters. The molecule has 8 nitrogen and oxygen atoms in total. The highest BCUT2D eigenvalue weighted by Crippen LogP contribution is 2.31. The minimum absolute atomic E-state index is 0.113. The molecule has 2 aromatic heterocycles. The number of hydrogen-bond acceptors (Lipinski definition) is 6. The number of carboxylic acids is 1. The summed E-state index contributed by atoms with van der Waals surface area (Å²) < 4.78 is 5.38. The second kappa shape index (κ2) is 6.31. The molecule has 24 heavy (non-hydrogen) atoms. The summed E-state index contributed by atoms with van der Waals surface area (Å²) in [6.45, 7) is 4.54. The van der Waals surface area contributed by atoms with Gasteiger partial charge in [0.25, 0.3) is 5.91 Å². The van der Waals surface area contributed by atoms with Crippen LogP contribution in [0, 0.1) is 6.92 Å². The number of nitrogens with zero attached hydrogens (tertiary/aromatic N) is 5. The maximum Gasteiger partial charge on any atom is 0.331 e. The average Bonchev–Trinajstić information content (AvgIpc) is 3.22. The molecule has 0 bridgehead atoms. The van der Waals surface area contributed by atoms with Gasteiger partial charge in [0, 0.05) is 32.1 Å². The van der Waals surface area contributed by atoms with Crippen LogP contribution in [0.3, 0.4) is 0 Å². The lowest BCUT2D eigenvalue weighted by Gasteiger charge is -2.38. The van der Waals surface area contributed by atoms with Crippen LogP contribution in [0.5, 0.6) is 0 Å². The van der Waals surface area contributed by atoms with Crippen LogP contribution in [0.15, 0.2) is 12.4 Å². The minimum Gasteiger partial charge on any atom is -0.479 e. The highest BCUT2D eigenvalue weighted by molar-refractivity contribution is 7.08. The molecule has 3 heterocycles. The highest BCUT2D eigenvalue weighted by Gasteiger charge is 2.45. The first-order valence-corrected chi connectivity index (χ1v) is 8.61. The molecule has 0 aliphatic carbocycles. The van der Waals surface area contributed by atoms with E-state index in [1.807, 2.05) is 13.8 Å². The fourth-order valence-corrected chi connectivity index (χ4v) is 3.73. The number of aromatic nitrogens is 4. The smallest absolute Gasteiger partial charge is 0.331 e. The van der Waals surface area contributed by atoms with E-state index >= 15 is 0 Å². The van der Waals surface area contributed by atoms with Gasteiger partial charge in [0.15, 0.2) is 5.54 Å². The molecule has 1 aliphatic rings. The van der Waals surface area contributed by atoms with Crippen molar-refractivity contribution in [2.24, 2.45) is 0 Å². The monoisotopic (exact) mass is 349 g/mol. The normalized spacial score (nSPS) is 17.0. The fourth-order valence-electron chi connectivity index (χ4n) is 3.01. The van der Waals surface area contributed by atoms with Crippen molar-refractivity contribution in [2.45, 2.75) is 38.6 Å². The van der Waals surface area contributed by atoms with Crippen molar-refractivity contribution in [1.82, 2.24) is 24.3 Å². The number of carbonyl (C=O) groups excluding carboxylic acids is 1. The standard InChI is InChI=1S/C15H19N5O3S/c1-3-11-12(24-18-17-11)13(21)19-6-4-15(5-7-19,14(22)23)20-9-10(2)8-16-20/h8-9H,3-7H2,1-2H3,(H,22,23). The number of likely N-dealkylation sites (tertiary alicyclic amines) is 1. The number of hydrogen-bond donors (Lipinski definition) is 1. The van der Waals surface area contributed by atoms with Gasteiger partial charge >= 0.3 is 5.97 Å². The van der Waals surface area contributed by atoms with Gasteiger partial charge in [-0.05, 0) is 30.4 Å². The highest BCUT2D eigenvalue weighted by atomic mass is 32.1. The van der Waals surface area contributed by atoms with Gasteiger partial charge in [-0.25, -0.2) is 4.79 Å². The Hall–Kier alpha value is -2.29. The molecule has 0 radical (unpaired) electrons. The van der Waals surface area contributed by atoms with E-state index in [9.17, 15) is 14.7 Å². The first-order chi connectivity index (χ1) is 11.5. The lowest BCUT2D eigenvalue weighted by atomic mass is 9.87. The summed E-state index contributed by atoms with van der Waals surface area (Å²) in [5, 5.41) is 17.9. The van der Waals surface area contributed by atoms with Gasteiger partial charge in [-0.3, -0.25) is 9.48 Å². The van der Waals surface area contributed by atoms with Gasteiger partial charge in [-0.15, -0.1) is 5.10 Å². The quantitative estimate of drug-likeness (QED) is 0.893. The molecule has 1 saturated heterocycles. The Morgan fingerprint density at radius 1 is 1.38 bits per heavy atom. The number of amides is 1. The Kier molecular flexibility index (Phi) is 4.35. The van der Waals surface area contributed by atoms with E-state index in [0.29, 0.717) is 42.9 Å². The van der Waals surface area contributed by atoms with E-state index in [4.69, 9.17) is 0 Å². The summed E-state index contributed by atoms with van der Waals surface area (Å²) in [5.41, 5.74) is 0.519. The number of piperidine rings is 1. The third-order valence-corrected chi connectivity index (χ3v) is 5.27. The summed E-state index contributed by atoms with van der Waals surface area (Å²) in [7, 11) is 0. The molecule has 128 valence electrons. The molecule has 1 N–H and O–H groups in total. The molecule has 0 unspecified atom stereocenters. The predicted molar refractivity (Wildman–Crippen MR) is 87.0 cm³/mol. The SMILES string of the molecule is CCc1nnsc1C(=O)N1CCC(C(=O)O)(n2cc(C)cn2)CC1. The van der Waals surface area contributed by atoms with Crippen LogP contribution in [0.1, 0.15) is 40.7 Å². The third-order valence-electron chi connectivity index (χ3n) is 4.51. The van der Waals surface area contributed by atoms with E-state index in [2.05, 4.69) is 14.7 Å². The lowest BCUT2D eigenvalue weighted by molar-refractivity contribution is -0.150. The first kappa shape index (κ1) is 16.6. The van der Waals surface area contributed by atoms with Gasteiger partial charge in [0.1, 0.15) is 4.88 Å². The van der Waals surface area contributed by atoms with Crippen LogP contribution in [-0.2, 0) is 16.8 Å². The van der Waals surface area contributed by atoms with Gasteiger partial charge in [0.05, 0.1) is 11.9 Å². The first-order valence-electron chi connectivity index (χ1n) is 7.83. The zero-order valence-corrected chi connectivity index (χ0v) is 14.4. The van der Waals surface area contributed by atoms with Crippen molar-refractivity contribution in [3.63, 3.8) is 0 Å². The van der Waals surface area contributed by atoms with Gasteiger partial charge < -0.3 is 10.0 Å². The van der Waals surface area contributed by atoms with Crippen LogP contribution < -0.4 is 0 Å². The van der Waals surface area contributed by atoms with Crippen LogP contribution in [0.25, 0.3) is 0 Å². The van der Waals surface area contributed by atoms with Crippen molar-refractivity contribution in [3.05, 3.63) is 28.5 Å². The molecule has 3 rings (SSSR count). The second-order valence-electron chi connectivity index (χ2n) is 5.99. The molecular formula is C15H19N5O3S. The molecule has 1 aliphatic heterocycles. The Balaban J connectivity index is 1.79. The maximum absolute atomic E-state index is 12.6. The van der Waals surface area contributed by atoms with Crippen LogP contribution in [0.2, 0.25) is 0 Å². The Labute approximate surface area is 143 Å². The lowest BCUT2D eigenvalue weighted by Crippen LogP contribution is -2.52. The molecule has 1 amide bonds. The Morgan fingerprint density at radius 3 is 2.62 bits per heavy atom. The zero-order valence-electron chi connectivity index (χ0n) is 13.6. The van der Waals surface area contributed by atoms with Crippen molar-refractivity contribution in [1.29, 1.82) is 0 Å². The van der Waals surface area contributed by atoms with Crippen molar-refractivity contribution < 1.29 is 14.7 Å². The minimum atomic E-state index is -1.09. The number of rotatable bonds is 4. The average molecular weight is 349 g/mol. The largest absolute Gasteiger partial charge is 0.479 e. The van der Waals surface area contributed by atoms with E-state index in [1.165, 1.54) is 4.68 Å². The van der Waals surface area contributed by atoms with Crippen LogP contribution in [-0.4, -0.2) is 54.3 Å². The van der Waals surface area contributed by atoms with Crippen molar-refractivity contribution >= 4 is 23.4 Å². The summed E-state index contributed by atoms with van der Waals surface area (Å²) in [6, 6.07) is 0. The van der Waals surface area contributed by atoms with Gasteiger partial charge in [0.2, 0.25) is 0 Å².